The van der Waals surface area contributed by atoms with Crippen LogP contribution < -0.4 is 9.47 Å². The average Bonchev–Trinajstić information content (AvgIpc) is 3.25. The molecule has 132 valence electrons. The summed E-state index contributed by atoms with van der Waals surface area (Å²) < 4.78 is 12.3. The zero-order valence-electron chi connectivity index (χ0n) is 13.8. The minimum Gasteiger partial charge on any atom is -0.454 e. The molecule has 0 N–H and O–H groups in total. The fourth-order valence-corrected chi connectivity index (χ4v) is 4.83. The van der Waals surface area contributed by atoms with Crippen LogP contribution in [0, 0.1) is 0 Å². The Kier molecular flexibility index (Phi) is 3.91. The Labute approximate surface area is 172 Å². The van der Waals surface area contributed by atoms with Crippen molar-refractivity contribution in [3.8, 4) is 22.6 Å². The second-order valence-electron chi connectivity index (χ2n) is 6.18. The molecule has 0 aromatic heterocycles. The van der Waals surface area contributed by atoms with E-state index in [0.29, 0.717) is 16.9 Å². The van der Waals surface area contributed by atoms with Gasteiger partial charge in [-0.2, -0.15) is 0 Å². The summed E-state index contributed by atoms with van der Waals surface area (Å²) >= 11 is 7.12. The summed E-state index contributed by atoms with van der Waals surface area (Å²) in [6, 6.07) is 15.2. The molecule has 5 rings (SSSR count). The molecule has 4 nitrogen and oxygen atoms in total. The van der Waals surface area contributed by atoms with Crippen LogP contribution in [0.25, 0.3) is 11.1 Å². The number of benzene rings is 3. The van der Waals surface area contributed by atoms with Gasteiger partial charge < -0.3 is 9.47 Å². The summed E-state index contributed by atoms with van der Waals surface area (Å²) in [6.07, 6.45) is 1.77. The summed E-state index contributed by atoms with van der Waals surface area (Å²) in [6.45, 7) is 0.237. The van der Waals surface area contributed by atoms with Gasteiger partial charge in [0.1, 0.15) is 0 Å². The van der Waals surface area contributed by atoms with Crippen molar-refractivity contribution < 1.29 is 14.3 Å². The average molecular weight is 485 g/mol. The Balaban J connectivity index is 1.65. The van der Waals surface area contributed by atoms with Gasteiger partial charge in [-0.15, -0.1) is 0 Å². The van der Waals surface area contributed by atoms with Gasteiger partial charge in [-0.3, -0.25) is 9.79 Å². The van der Waals surface area contributed by atoms with E-state index in [-0.39, 0.29) is 12.6 Å². The number of hydrogen-bond donors (Lipinski definition) is 0. The van der Waals surface area contributed by atoms with Gasteiger partial charge in [0.05, 0.1) is 5.69 Å². The Morgan fingerprint density at radius 2 is 1.67 bits per heavy atom. The fraction of sp³-hybridized carbons (Fsp3) is 0.0476. The van der Waals surface area contributed by atoms with Crippen LogP contribution in [-0.2, 0) is 0 Å². The molecule has 3 aromatic rings. The van der Waals surface area contributed by atoms with E-state index in [1.807, 2.05) is 48.5 Å². The normalized spacial score (nSPS) is 13.9. The minimum absolute atomic E-state index is 0.0134. The molecular weight excluding hydrogens is 474 g/mol. The second kappa shape index (κ2) is 6.32. The van der Waals surface area contributed by atoms with Crippen molar-refractivity contribution in [3.05, 3.63) is 74.2 Å². The number of aliphatic imine (C=N–C) groups is 1. The Morgan fingerprint density at radius 3 is 2.52 bits per heavy atom. The molecule has 0 atom stereocenters. The van der Waals surface area contributed by atoms with Gasteiger partial charge in [0, 0.05) is 31.9 Å². The fourth-order valence-electron chi connectivity index (χ4n) is 3.39. The highest BCUT2D eigenvalue weighted by Gasteiger charge is 2.32. The summed E-state index contributed by atoms with van der Waals surface area (Å²) in [4.78, 5) is 17.6. The van der Waals surface area contributed by atoms with Crippen LogP contribution in [0.5, 0.6) is 11.5 Å². The summed E-state index contributed by atoms with van der Waals surface area (Å²) in [5, 5.41) is 0. The lowest BCUT2D eigenvalue weighted by atomic mass is 10.0. The summed E-state index contributed by atoms with van der Waals surface area (Å²) in [5.74, 6) is 1.46. The third kappa shape index (κ3) is 2.63. The molecule has 0 unspecified atom stereocenters. The molecule has 0 amide bonds. The van der Waals surface area contributed by atoms with Crippen LogP contribution in [0.2, 0.25) is 0 Å². The lowest BCUT2D eigenvalue weighted by molar-refractivity contribution is 0.104. The second-order valence-corrected chi connectivity index (χ2v) is 7.89. The van der Waals surface area contributed by atoms with Crippen molar-refractivity contribution in [2.45, 2.75) is 0 Å². The van der Waals surface area contributed by atoms with Gasteiger partial charge in [0.25, 0.3) is 0 Å². The van der Waals surface area contributed by atoms with E-state index < -0.39 is 0 Å². The van der Waals surface area contributed by atoms with Gasteiger partial charge in [-0.1, -0.05) is 24.3 Å². The maximum atomic E-state index is 12.8. The van der Waals surface area contributed by atoms with E-state index >= 15 is 0 Å². The first-order chi connectivity index (χ1) is 13.1. The Bertz CT molecular complexity index is 1150. The predicted molar refractivity (Wildman–Crippen MR) is 111 cm³/mol. The number of hydrogen-bond acceptors (Lipinski definition) is 4. The largest absolute Gasteiger partial charge is 0.454 e. The first-order valence-electron chi connectivity index (χ1n) is 8.23. The Morgan fingerprint density at radius 1 is 0.889 bits per heavy atom. The lowest BCUT2D eigenvalue weighted by Gasteiger charge is -2.09. The van der Waals surface area contributed by atoms with Crippen LogP contribution >= 0.6 is 31.9 Å². The molecule has 1 aliphatic carbocycles. The zero-order chi connectivity index (χ0) is 18.5. The van der Waals surface area contributed by atoms with Gasteiger partial charge >= 0.3 is 0 Å². The van der Waals surface area contributed by atoms with Gasteiger partial charge in [-0.25, -0.2) is 0 Å². The minimum atomic E-state index is 0.0134. The number of rotatable bonds is 2. The molecule has 0 spiro atoms. The summed E-state index contributed by atoms with van der Waals surface area (Å²) in [7, 11) is 0. The van der Waals surface area contributed by atoms with Crippen molar-refractivity contribution in [1.29, 1.82) is 0 Å². The van der Waals surface area contributed by atoms with Crippen molar-refractivity contribution in [3.63, 3.8) is 0 Å². The summed E-state index contributed by atoms with van der Waals surface area (Å²) in [5.41, 5.74) is 4.71. The standard InChI is InChI=1S/C21H11Br2NO3/c22-14-8-15(23)20(18-12-3-1-2-4-13(12)21(25)19(14)18)24-9-11-5-6-16-17(7-11)27-10-26-16/h1-9H,10H2. The molecule has 0 saturated heterocycles. The molecule has 0 saturated carbocycles. The van der Waals surface area contributed by atoms with Crippen LogP contribution in [0.1, 0.15) is 21.5 Å². The van der Waals surface area contributed by atoms with Crippen LogP contribution in [-0.4, -0.2) is 18.8 Å². The van der Waals surface area contributed by atoms with Gasteiger partial charge in [-0.05, 0) is 67.3 Å². The highest BCUT2D eigenvalue weighted by molar-refractivity contribution is 9.11. The predicted octanol–water partition coefficient (Wildman–Crippen LogP) is 5.90. The maximum Gasteiger partial charge on any atom is 0.231 e. The quantitative estimate of drug-likeness (QED) is 0.332. The first kappa shape index (κ1) is 16.7. The zero-order valence-corrected chi connectivity index (χ0v) is 17.0. The topological polar surface area (TPSA) is 47.9 Å². The van der Waals surface area contributed by atoms with Gasteiger partial charge in [0.15, 0.2) is 17.3 Å². The van der Waals surface area contributed by atoms with E-state index in [9.17, 15) is 4.79 Å². The molecule has 3 aromatic carbocycles. The Hall–Kier alpha value is -2.44. The highest BCUT2D eigenvalue weighted by Crippen LogP contribution is 2.49. The van der Waals surface area contributed by atoms with E-state index in [2.05, 4.69) is 31.9 Å². The number of ether oxygens (including phenoxy) is 2. The van der Waals surface area contributed by atoms with Crippen LogP contribution in [0.15, 0.2) is 62.5 Å². The molecule has 0 radical (unpaired) electrons. The molecule has 0 bridgehead atoms. The van der Waals surface area contributed by atoms with E-state index in [0.717, 1.165) is 37.1 Å². The van der Waals surface area contributed by atoms with Crippen molar-refractivity contribution in [1.82, 2.24) is 0 Å². The van der Waals surface area contributed by atoms with Crippen LogP contribution in [0.4, 0.5) is 5.69 Å². The number of carbonyl (C=O) groups is 1. The molecule has 0 fully saturated rings. The SMILES string of the molecule is O=C1c2ccccc2-c2c(N=Cc3ccc4c(c3)OCO4)c(Br)cc(Br)c21. The molecule has 2 aliphatic rings. The molecule has 27 heavy (non-hydrogen) atoms. The number of nitrogens with zero attached hydrogens (tertiary/aromatic N) is 1. The molecular formula is C21H11Br2NO3. The number of carbonyl (C=O) groups excluding carboxylic acids is 1. The third-order valence-corrected chi connectivity index (χ3v) is 5.84. The van der Waals surface area contributed by atoms with Crippen molar-refractivity contribution >= 4 is 49.5 Å². The van der Waals surface area contributed by atoms with Gasteiger partial charge in [0.2, 0.25) is 6.79 Å². The molecule has 1 heterocycles. The van der Waals surface area contributed by atoms with Crippen molar-refractivity contribution in [2.24, 2.45) is 4.99 Å². The monoisotopic (exact) mass is 483 g/mol. The molecule has 6 heteroatoms. The highest BCUT2D eigenvalue weighted by atomic mass is 79.9. The van der Waals surface area contributed by atoms with Crippen LogP contribution in [0.3, 0.4) is 0 Å². The number of halogens is 2. The van der Waals surface area contributed by atoms with E-state index in [1.54, 1.807) is 6.21 Å². The first-order valence-corrected chi connectivity index (χ1v) is 9.82. The number of fused-ring (bicyclic) bond motifs is 4. The number of ketones is 1. The maximum absolute atomic E-state index is 12.8. The molecule has 1 aliphatic heterocycles. The smallest absolute Gasteiger partial charge is 0.231 e. The van der Waals surface area contributed by atoms with E-state index in [4.69, 9.17) is 14.5 Å². The third-order valence-electron chi connectivity index (χ3n) is 4.61. The lowest BCUT2D eigenvalue weighted by Crippen LogP contribution is -1.96. The van der Waals surface area contributed by atoms with Crippen molar-refractivity contribution in [2.75, 3.05) is 6.79 Å². The van der Waals surface area contributed by atoms with E-state index in [1.165, 1.54) is 0 Å².